The van der Waals surface area contributed by atoms with Crippen LogP contribution in [-0.4, -0.2) is 47.7 Å². The van der Waals surface area contributed by atoms with Gasteiger partial charge in [-0.25, -0.2) is 0 Å². The van der Waals surface area contributed by atoms with Gasteiger partial charge in [0.25, 0.3) is 0 Å². The number of piperidine rings is 1. The highest BCUT2D eigenvalue weighted by molar-refractivity contribution is 5.76. The number of hydrogen-bond acceptors (Lipinski definition) is 3. The van der Waals surface area contributed by atoms with Gasteiger partial charge in [-0.15, -0.1) is 0 Å². The van der Waals surface area contributed by atoms with Crippen molar-refractivity contribution >= 4 is 11.9 Å². The number of carboxylic acids is 1. The fourth-order valence-electron chi connectivity index (χ4n) is 1.98. The molecule has 0 aromatic heterocycles. The maximum Gasteiger partial charge on any atom is 0.403 e. The van der Waals surface area contributed by atoms with Crippen molar-refractivity contribution in [3.8, 4) is 0 Å². The summed E-state index contributed by atoms with van der Waals surface area (Å²) in [6.45, 7) is -0.0642. The van der Waals surface area contributed by atoms with Crippen molar-refractivity contribution in [1.82, 2.24) is 4.90 Å². The molecule has 1 rings (SSSR count). The maximum atomic E-state index is 12.4. The Hall–Kier alpha value is -1.31. The Balaban J connectivity index is 2.53. The largest absolute Gasteiger partial charge is 0.481 e. The molecule has 0 aromatic rings. The molecule has 1 atom stereocenters. The van der Waals surface area contributed by atoms with Crippen LogP contribution in [0.3, 0.4) is 0 Å². The molecule has 1 heterocycles. The average Bonchev–Trinajstić information content (AvgIpc) is 2.24. The highest BCUT2D eigenvalue weighted by Crippen LogP contribution is 2.28. The van der Waals surface area contributed by atoms with Crippen LogP contribution in [0.15, 0.2) is 0 Å². The molecular formula is C10H15F3N2O3. The number of nitrogens with two attached hydrogens (primary N) is 1. The van der Waals surface area contributed by atoms with E-state index in [4.69, 9.17) is 10.8 Å². The monoisotopic (exact) mass is 268 g/mol. The lowest BCUT2D eigenvalue weighted by atomic mass is 9.95. The van der Waals surface area contributed by atoms with E-state index < -0.39 is 30.5 Å². The molecule has 0 saturated carbocycles. The first-order valence-corrected chi connectivity index (χ1v) is 5.53. The minimum atomic E-state index is -4.76. The van der Waals surface area contributed by atoms with Gasteiger partial charge < -0.3 is 15.7 Å². The third kappa shape index (κ3) is 3.86. The van der Waals surface area contributed by atoms with Crippen molar-refractivity contribution in [2.75, 3.05) is 19.6 Å². The topological polar surface area (TPSA) is 83.6 Å². The highest BCUT2D eigenvalue weighted by atomic mass is 19.4. The Morgan fingerprint density at radius 1 is 1.33 bits per heavy atom. The third-order valence-corrected chi connectivity index (χ3v) is 3.12. The van der Waals surface area contributed by atoms with E-state index in [1.807, 2.05) is 0 Å². The molecule has 1 unspecified atom stereocenters. The fraction of sp³-hybridized carbons (Fsp3) is 0.800. The van der Waals surface area contributed by atoms with Crippen LogP contribution in [0.1, 0.15) is 12.8 Å². The summed E-state index contributed by atoms with van der Waals surface area (Å²) in [6, 6.07) is 0. The molecule has 3 N–H and O–H groups in total. The first-order valence-electron chi connectivity index (χ1n) is 5.53. The lowest BCUT2D eigenvalue weighted by molar-refractivity contribution is -0.197. The van der Waals surface area contributed by atoms with Gasteiger partial charge in [-0.05, 0) is 25.9 Å². The molecule has 0 aliphatic carbocycles. The van der Waals surface area contributed by atoms with Gasteiger partial charge in [0.2, 0.25) is 5.91 Å². The van der Waals surface area contributed by atoms with Crippen LogP contribution in [0.5, 0.6) is 0 Å². The Morgan fingerprint density at radius 2 is 1.83 bits per heavy atom. The smallest absolute Gasteiger partial charge is 0.403 e. The van der Waals surface area contributed by atoms with E-state index in [1.165, 1.54) is 4.90 Å². The number of carboxylic acid groups (broad SMARTS) is 1. The Morgan fingerprint density at radius 3 is 2.17 bits per heavy atom. The van der Waals surface area contributed by atoms with Gasteiger partial charge in [-0.1, -0.05) is 0 Å². The second kappa shape index (κ2) is 5.55. The van der Waals surface area contributed by atoms with E-state index in [-0.39, 0.29) is 19.0 Å². The number of alkyl halides is 3. The molecule has 8 heteroatoms. The summed E-state index contributed by atoms with van der Waals surface area (Å²) in [7, 11) is 0. The fourth-order valence-corrected chi connectivity index (χ4v) is 1.98. The number of rotatable bonds is 4. The standard InChI is InChI=1S/C10H15F3N2O3/c11-10(12,13)7(9(17)18)5-15-3-1-6(2-4-15)8(14)16/h6-7H,1-5H2,(H2,14,16)(H,17,18). The summed E-state index contributed by atoms with van der Waals surface area (Å²) in [5.74, 6) is -5.04. The quantitative estimate of drug-likeness (QED) is 0.775. The van der Waals surface area contributed by atoms with Crippen LogP contribution >= 0.6 is 0 Å². The van der Waals surface area contributed by atoms with Gasteiger partial charge in [0.05, 0.1) is 0 Å². The summed E-state index contributed by atoms with van der Waals surface area (Å²) in [6.07, 6.45) is -4.01. The number of carbonyl (C=O) groups is 2. The first kappa shape index (κ1) is 14.7. The van der Waals surface area contributed by atoms with Crippen LogP contribution < -0.4 is 5.73 Å². The van der Waals surface area contributed by atoms with Gasteiger partial charge >= 0.3 is 12.1 Å². The van der Waals surface area contributed by atoms with Crippen molar-refractivity contribution in [3.05, 3.63) is 0 Å². The molecule has 104 valence electrons. The van der Waals surface area contributed by atoms with Gasteiger partial charge in [0.1, 0.15) is 0 Å². The van der Waals surface area contributed by atoms with Crippen LogP contribution in [0, 0.1) is 11.8 Å². The van der Waals surface area contributed by atoms with Crippen LogP contribution in [0.25, 0.3) is 0 Å². The predicted molar refractivity (Wildman–Crippen MR) is 55.5 cm³/mol. The molecular weight excluding hydrogens is 253 g/mol. The van der Waals surface area contributed by atoms with E-state index in [9.17, 15) is 22.8 Å². The van der Waals surface area contributed by atoms with E-state index >= 15 is 0 Å². The van der Waals surface area contributed by atoms with Crippen molar-refractivity contribution in [2.45, 2.75) is 19.0 Å². The number of likely N-dealkylation sites (tertiary alicyclic amines) is 1. The van der Waals surface area contributed by atoms with Gasteiger partial charge in [-0.3, -0.25) is 9.59 Å². The maximum absolute atomic E-state index is 12.4. The third-order valence-electron chi connectivity index (χ3n) is 3.12. The summed E-state index contributed by atoms with van der Waals surface area (Å²) in [5, 5.41) is 8.56. The SMILES string of the molecule is NC(=O)C1CCN(CC(C(=O)O)C(F)(F)F)CC1. The van der Waals surface area contributed by atoms with Crippen molar-refractivity contribution in [2.24, 2.45) is 17.6 Å². The molecule has 1 amide bonds. The highest BCUT2D eigenvalue weighted by Gasteiger charge is 2.46. The lowest BCUT2D eigenvalue weighted by Gasteiger charge is -2.32. The molecule has 0 aromatic carbocycles. The van der Waals surface area contributed by atoms with Crippen LogP contribution in [0.4, 0.5) is 13.2 Å². The van der Waals surface area contributed by atoms with E-state index in [1.54, 1.807) is 0 Å². The number of primary amides is 1. The molecule has 0 bridgehead atoms. The molecule has 1 aliphatic rings. The number of aliphatic carboxylic acids is 1. The van der Waals surface area contributed by atoms with Crippen molar-refractivity contribution in [1.29, 1.82) is 0 Å². The molecule has 1 saturated heterocycles. The second-order valence-corrected chi connectivity index (χ2v) is 4.41. The van der Waals surface area contributed by atoms with Gasteiger partial charge in [-0.2, -0.15) is 13.2 Å². The molecule has 1 aliphatic heterocycles. The van der Waals surface area contributed by atoms with E-state index in [0.717, 1.165) is 0 Å². The Labute approximate surface area is 102 Å². The molecule has 0 spiro atoms. The van der Waals surface area contributed by atoms with Crippen LogP contribution in [-0.2, 0) is 9.59 Å². The molecule has 5 nitrogen and oxygen atoms in total. The zero-order valence-corrected chi connectivity index (χ0v) is 9.61. The number of hydrogen-bond donors (Lipinski definition) is 2. The summed E-state index contributed by atoms with van der Waals surface area (Å²) < 4.78 is 37.3. The Bertz CT molecular complexity index is 325. The van der Waals surface area contributed by atoms with Gasteiger partial charge in [0, 0.05) is 12.5 Å². The first-order chi connectivity index (χ1) is 8.21. The van der Waals surface area contributed by atoms with Gasteiger partial charge in [0.15, 0.2) is 5.92 Å². The normalized spacial score (nSPS) is 20.6. The van der Waals surface area contributed by atoms with E-state index in [0.29, 0.717) is 12.8 Å². The summed E-state index contributed by atoms with van der Waals surface area (Å²) in [4.78, 5) is 22.9. The number of nitrogens with zero attached hydrogens (tertiary/aromatic N) is 1. The molecule has 1 fully saturated rings. The van der Waals surface area contributed by atoms with Crippen molar-refractivity contribution in [3.63, 3.8) is 0 Å². The zero-order valence-electron chi connectivity index (χ0n) is 9.61. The summed E-state index contributed by atoms with van der Waals surface area (Å²) in [5.41, 5.74) is 5.10. The lowest BCUT2D eigenvalue weighted by Crippen LogP contribution is -2.45. The average molecular weight is 268 g/mol. The van der Waals surface area contributed by atoms with Crippen LogP contribution in [0.2, 0.25) is 0 Å². The second-order valence-electron chi connectivity index (χ2n) is 4.41. The predicted octanol–water partition coefficient (Wildman–Crippen LogP) is 0.447. The molecule has 0 radical (unpaired) electrons. The summed E-state index contributed by atoms with van der Waals surface area (Å²) >= 11 is 0. The zero-order chi connectivity index (χ0) is 13.9. The van der Waals surface area contributed by atoms with Crippen molar-refractivity contribution < 1.29 is 27.9 Å². The number of amides is 1. The number of carbonyl (C=O) groups excluding carboxylic acids is 1. The Kier molecular flexibility index (Phi) is 4.55. The minimum Gasteiger partial charge on any atom is -0.481 e. The number of halogens is 3. The molecule has 18 heavy (non-hydrogen) atoms. The minimum absolute atomic E-state index is 0.257. The van der Waals surface area contributed by atoms with E-state index in [2.05, 4.69) is 0 Å².